The van der Waals surface area contributed by atoms with Crippen molar-refractivity contribution in [3.8, 4) is 5.75 Å². The van der Waals surface area contributed by atoms with Gasteiger partial charge in [-0.3, -0.25) is 9.59 Å². The van der Waals surface area contributed by atoms with Crippen LogP contribution < -0.4 is 10.5 Å². The third kappa shape index (κ3) is 6.41. The van der Waals surface area contributed by atoms with Crippen LogP contribution in [0.3, 0.4) is 0 Å². The van der Waals surface area contributed by atoms with E-state index in [1.165, 1.54) is 42.0 Å². The standard InChI is InChI=1S/C26H33N3O5S/c27-25(30)18-20-6-10-23(11-7-20)34-19-26(31)28-14-16-29(17-15-28)35(32,33)24-12-8-22(9-13-24)21-4-2-1-3-5-21/h6-13,21H,1-5,14-19H2,(H2,27,30). The minimum atomic E-state index is -3.60. The number of amides is 2. The number of benzene rings is 2. The second-order valence-corrected chi connectivity index (χ2v) is 11.2. The maximum absolute atomic E-state index is 13.1. The average Bonchev–Trinajstić information content (AvgIpc) is 2.88. The first-order valence-corrected chi connectivity index (χ1v) is 13.6. The summed E-state index contributed by atoms with van der Waals surface area (Å²) >= 11 is 0. The Hall–Kier alpha value is -2.91. The molecule has 1 saturated heterocycles. The maximum Gasteiger partial charge on any atom is 0.260 e. The minimum absolute atomic E-state index is 0.134. The van der Waals surface area contributed by atoms with Gasteiger partial charge >= 0.3 is 0 Å². The number of carbonyl (C=O) groups excluding carboxylic acids is 2. The van der Waals surface area contributed by atoms with Crippen LogP contribution in [0.15, 0.2) is 53.4 Å². The van der Waals surface area contributed by atoms with Crippen LogP contribution >= 0.6 is 0 Å². The number of ether oxygens (including phenoxy) is 1. The molecule has 0 atom stereocenters. The van der Waals surface area contributed by atoms with E-state index in [0.29, 0.717) is 29.7 Å². The van der Waals surface area contributed by atoms with Crippen LogP contribution in [0.1, 0.15) is 49.1 Å². The predicted molar refractivity (Wildman–Crippen MR) is 132 cm³/mol. The molecule has 8 nitrogen and oxygen atoms in total. The largest absolute Gasteiger partial charge is 0.484 e. The van der Waals surface area contributed by atoms with Gasteiger partial charge in [0.1, 0.15) is 5.75 Å². The van der Waals surface area contributed by atoms with E-state index in [9.17, 15) is 18.0 Å². The van der Waals surface area contributed by atoms with Crippen molar-refractivity contribution in [1.82, 2.24) is 9.21 Å². The Morgan fingerprint density at radius 3 is 2.11 bits per heavy atom. The summed E-state index contributed by atoms with van der Waals surface area (Å²) in [5.74, 6) is 0.446. The first-order valence-electron chi connectivity index (χ1n) is 12.2. The lowest BCUT2D eigenvalue weighted by Gasteiger charge is -2.34. The highest BCUT2D eigenvalue weighted by atomic mass is 32.2. The molecule has 0 radical (unpaired) electrons. The van der Waals surface area contributed by atoms with Crippen LogP contribution in [0, 0.1) is 0 Å². The molecule has 188 valence electrons. The van der Waals surface area contributed by atoms with E-state index < -0.39 is 15.9 Å². The first-order chi connectivity index (χ1) is 16.8. The molecule has 2 fully saturated rings. The molecule has 9 heteroatoms. The quantitative estimate of drug-likeness (QED) is 0.601. The average molecular weight is 500 g/mol. The molecular formula is C26H33N3O5S. The highest BCUT2D eigenvalue weighted by Crippen LogP contribution is 2.33. The van der Waals surface area contributed by atoms with E-state index in [1.807, 2.05) is 12.1 Å². The topological polar surface area (TPSA) is 110 Å². The van der Waals surface area contributed by atoms with Crippen molar-refractivity contribution in [2.45, 2.75) is 49.3 Å². The van der Waals surface area contributed by atoms with Gasteiger partial charge in [-0.25, -0.2) is 8.42 Å². The molecule has 1 saturated carbocycles. The molecule has 2 amide bonds. The molecule has 1 heterocycles. The molecule has 0 unspecified atom stereocenters. The Labute approximate surface area is 207 Å². The molecule has 35 heavy (non-hydrogen) atoms. The minimum Gasteiger partial charge on any atom is -0.484 e. The molecule has 2 N–H and O–H groups in total. The Bertz CT molecular complexity index is 1120. The summed E-state index contributed by atoms with van der Waals surface area (Å²) in [6.45, 7) is 1.00. The molecule has 2 aromatic rings. The van der Waals surface area contributed by atoms with Gasteiger partial charge in [-0.2, -0.15) is 4.31 Å². The van der Waals surface area contributed by atoms with Gasteiger partial charge in [0.2, 0.25) is 15.9 Å². The van der Waals surface area contributed by atoms with Gasteiger partial charge in [0, 0.05) is 26.2 Å². The fourth-order valence-electron chi connectivity index (χ4n) is 4.82. The highest BCUT2D eigenvalue weighted by molar-refractivity contribution is 7.89. The van der Waals surface area contributed by atoms with Gasteiger partial charge < -0.3 is 15.4 Å². The molecule has 1 aliphatic heterocycles. The second kappa shape index (κ2) is 11.2. The molecule has 0 spiro atoms. The zero-order valence-electron chi connectivity index (χ0n) is 19.9. The van der Waals surface area contributed by atoms with Crippen LogP contribution in [-0.4, -0.2) is 62.2 Å². The zero-order chi connectivity index (χ0) is 24.8. The molecule has 2 aromatic carbocycles. The Morgan fingerprint density at radius 2 is 1.51 bits per heavy atom. The molecular weight excluding hydrogens is 466 g/mol. The molecule has 0 bridgehead atoms. The van der Waals surface area contributed by atoms with E-state index in [2.05, 4.69) is 0 Å². The predicted octanol–water partition coefficient (Wildman–Crippen LogP) is 2.67. The van der Waals surface area contributed by atoms with Gasteiger partial charge in [-0.15, -0.1) is 0 Å². The van der Waals surface area contributed by atoms with Crippen molar-refractivity contribution in [3.63, 3.8) is 0 Å². The fourth-order valence-corrected chi connectivity index (χ4v) is 6.24. The highest BCUT2D eigenvalue weighted by Gasteiger charge is 2.30. The van der Waals surface area contributed by atoms with Gasteiger partial charge in [0.15, 0.2) is 6.61 Å². The van der Waals surface area contributed by atoms with Crippen LogP contribution in [0.25, 0.3) is 0 Å². The van der Waals surface area contributed by atoms with Crippen LogP contribution in [0.4, 0.5) is 0 Å². The summed E-state index contributed by atoms with van der Waals surface area (Å²) in [6, 6.07) is 14.2. The molecule has 2 aliphatic rings. The number of hydrogen-bond acceptors (Lipinski definition) is 5. The molecule has 1 aliphatic carbocycles. The zero-order valence-corrected chi connectivity index (χ0v) is 20.7. The SMILES string of the molecule is NC(=O)Cc1ccc(OCC(=O)N2CCN(S(=O)(=O)c3ccc(C4CCCCC4)cc3)CC2)cc1. The van der Waals surface area contributed by atoms with Crippen LogP contribution in [0.5, 0.6) is 5.75 Å². The number of hydrogen-bond donors (Lipinski definition) is 1. The van der Waals surface area contributed by atoms with E-state index in [0.717, 1.165) is 5.56 Å². The van der Waals surface area contributed by atoms with E-state index in [-0.39, 0.29) is 32.0 Å². The van der Waals surface area contributed by atoms with Crippen molar-refractivity contribution >= 4 is 21.8 Å². The van der Waals surface area contributed by atoms with Crippen molar-refractivity contribution in [2.24, 2.45) is 5.73 Å². The summed E-state index contributed by atoms with van der Waals surface area (Å²) in [6.07, 6.45) is 6.26. The van der Waals surface area contributed by atoms with Gasteiger partial charge in [-0.1, -0.05) is 43.5 Å². The van der Waals surface area contributed by atoms with Crippen molar-refractivity contribution in [3.05, 3.63) is 59.7 Å². The number of sulfonamides is 1. The smallest absolute Gasteiger partial charge is 0.260 e. The maximum atomic E-state index is 13.1. The fraction of sp³-hybridized carbons (Fsp3) is 0.462. The Kier molecular flexibility index (Phi) is 8.07. The van der Waals surface area contributed by atoms with Crippen LogP contribution in [0.2, 0.25) is 0 Å². The van der Waals surface area contributed by atoms with Crippen molar-refractivity contribution in [1.29, 1.82) is 0 Å². The number of primary amides is 1. The summed E-state index contributed by atoms with van der Waals surface area (Å²) < 4.78 is 33.3. The lowest BCUT2D eigenvalue weighted by Crippen LogP contribution is -2.51. The number of piperazine rings is 1. The number of rotatable bonds is 8. The van der Waals surface area contributed by atoms with Gasteiger partial charge in [0.25, 0.3) is 5.91 Å². The van der Waals surface area contributed by atoms with E-state index in [1.54, 1.807) is 41.3 Å². The number of nitrogens with two attached hydrogens (primary N) is 1. The van der Waals surface area contributed by atoms with Gasteiger partial charge in [-0.05, 0) is 54.2 Å². The third-order valence-electron chi connectivity index (χ3n) is 6.85. The van der Waals surface area contributed by atoms with Gasteiger partial charge in [0.05, 0.1) is 11.3 Å². The summed E-state index contributed by atoms with van der Waals surface area (Å²) in [5, 5.41) is 0. The summed E-state index contributed by atoms with van der Waals surface area (Å²) in [4.78, 5) is 25.5. The molecule has 4 rings (SSSR count). The van der Waals surface area contributed by atoms with E-state index >= 15 is 0 Å². The normalized spacial score (nSPS) is 17.8. The number of nitrogens with zero attached hydrogens (tertiary/aromatic N) is 2. The van der Waals surface area contributed by atoms with Crippen LogP contribution in [-0.2, 0) is 26.0 Å². The van der Waals surface area contributed by atoms with E-state index in [4.69, 9.17) is 10.5 Å². The monoisotopic (exact) mass is 499 g/mol. The lowest BCUT2D eigenvalue weighted by molar-refractivity contribution is -0.134. The van der Waals surface area contributed by atoms with Crippen molar-refractivity contribution < 1.29 is 22.7 Å². The van der Waals surface area contributed by atoms with Crippen molar-refractivity contribution in [2.75, 3.05) is 32.8 Å². The Balaban J connectivity index is 1.27. The third-order valence-corrected chi connectivity index (χ3v) is 8.76. The Morgan fingerprint density at radius 1 is 0.886 bits per heavy atom. The lowest BCUT2D eigenvalue weighted by atomic mass is 9.84. The molecule has 0 aromatic heterocycles. The first kappa shape index (κ1) is 25.2. The number of carbonyl (C=O) groups is 2. The summed E-state index contributed by atoms with van der Waals surface area (Å²) in [7, 11) is -3.60. The second-order valence-electron chi connectivity index (χ2n) is 9.26. The summed E-state index contributed by atoms with van der Waals surface area (Å²) in [5.41, 5.74) is 7.18.